The van der Waals surface area contributed by atoms with E-state index in [1.165, 1.54) is 6.07 Å². The predicted octanol–water partition coefficient (Wildman–Crippen LogP) is 4.95. The van der Waals surface area contributed by atoms with E-state index in [1.807, 2.05) is 6.92 Å². The van der Waals surface area contributed by atoms with Gasteiger partial charge >= 0.3 is 6.18 Å². The molecule has 0 radical (unpaired) electrons. The SMILES string of the molecule is CCCCc1c(Br)ccc(C(F)(F)F)c1F. The standard InChI is InChI=1S/C11H11BrF4/c1-2-3-4-7-9(12)6-5-8(10(7)13)11(14,15)16/h5-6H,2-4H2,1H3. The average molecular weight is 299 g/mol. The quantitative estimate of drug-likeness (QED) is 0.693. The molecule has 0 aliphatic heterocycles. The Labute approximate surface area is 99.8 Å². The highest BCUT2D eigenvalue weighted by molar-refractivity contribution is 9.10. The summed E-state index contributed by atoms with van der Waals surface area (Å²) in [6.07, 6.45) is -2.85. The molecule has 0 spiro atoms. The van der Waals surface area contributed by atoms with Gasteiger partial charge in [0.1, 0.15) is 5.82 Å². The van der Waals surface area contributed by atoms with Crippen LogP contribution in [-0.2, 0) is 12.6 Å². The van der Waals surface area contributed by atoms with E-state index in [4.69, 9.17) is 0 Å². The van der Waals surface area contributed by atoms with Crippen LogP contribution in [0.5, 0.6) is 0 Å². The van der Waals surface area contributed by atoms with Gasteiger partial charge in [-0.1, -0.05) is 29.3 Å². The molecule has 0 N–H and O–H groups in total. The van der Waals surface area contributed by atoms with Crippen LogP contribution in [0, 0.1) is 5.82 Å². The van der Waals surface area contributed by atoms with E-state index in [1.54, 1.807) is 0 Å². The molecule has 1 aromatic carbocycles. The minimum atomic E-state index is -4.63. The number of benzene rings is 1. The van der Waals surface area contributed by atoms with Crippen LogP contribution in [0.4, 0.5) is 17.6 Å². The summed E-state index contributed by atoms with van der Waals surface area (Å²) in [4.78, 5) is 0. The minimum absolute atomic E-state index is 0.108. The fourth-order valence-corrected chi connectivity index (χ4v) is 1.90. The first-order valence-corrected chi connectivity index (χ1v) is 5.71. The van der Waals surface area contributed by atoms with Gasteiger partial charge in [-0.05, 0) is 25.0 Å². The zero-order valence-corrected chi connectivity index (χ0v) is 10.3. The molecule has 0 aromatic heterocycles. The third kappa shape index (κ3) is 2.97. The maximum atomic E-state index is 13.6. The van der Waals surface area contributed by atoms with Crippen LogP contribution in [0.15, 0.2) is 16.6 Å². The molecule has 16 heavy (non-hydrogen) atoms. The first kappa shape index (κ1) is 13.5. The molecule has 0 heterocycles. The van der Waals surface area contributed by atoms with Crippen molar-refractivity contribution in [2.75, 3.05) is 0 Å². The molecule has 1 aromatic rings. The van der Waals surface area contributed by atoms with Gasteiger partial charge in [0.15, 0.2) is 0 Å². The van der Waals surface area contributed by atoms with Crippen LogP contribution in [0.1, 0.15) is 30.9 Å². The molecule has 0 amide bonds. The molecule has 1 rings (SSSR count). The Morgan fingerprint density at radius 1 is 1.25 bits per heavy atom. The highest BCUT2D eigenvalue weighted by Gasteiger charge is 2.35. The third-order valence-electron chi connectivity index (χ3n) is 2.27. The third-order valence-corrected chi connectivity index (χ3v) is 3.01. The molecule has 0 fully saturated rings. The molecule has 0 saturated carbocycles. The van der Waals surface area contributed by atoms with Crippen molar-refractivity contribution in [2.24, 2.45) is 0 Å². The lowest BCUT2D eigenvalue weighted by Gasteiger charge is -2.12. The summed E-state index contributed by atoms with van der Waals surface area (Å²) in [5, 5.41) is 0. The molecule has 0 unspecified atom stereocenters. The van der Waals surface area contributed by atoms with E-state index in [2.05, 4.69) is 15.9 Å². The second kappa shape index (κ2) is 5.17. The first-order chi connectivity index (χ1) is 7.38. The van der Waals surface area contributed by atoms with Crippen LogP contribution < -0.4 is 0 Å². The van der Waals surface area contributed by atoms with Gasteiger partial charge in [0.25, 0.3) is 0 Å². The van der Waals surface area contributed by atoms with Gasteiger partial charge in [-0.2, -0.15) is 13.2 Å². The fraction of sp³-hybridized carbons (Fsp3) is 0.455. The Kier molecular flexibility index (Phi) is 4.35. The van der Waals surface area contributed by atoms with Gasteiger partial charge in [0.05, 0.1) is 5.56 Å². The highest BCUT2D eigenvalue weighted by Crippen LogP contribution is 2.35. The van der Waals surface area contributed by atoms with Crippen molar-refractivity contribution in [3.63, 3.8) is 0 Å². The van der Waals surface area contributed by atoms with Crippen molar-refractivity contribution in [3.8, 4) is 0 Å². The highest BCUT2D eigenvalue weighted by atomic mass is 79.9. The van der Waals surface area contributed by atoms with Crippen LogP contribution in [0.3, 0.4) is 0 Å². The average Bonchev–Trinajstić information content (AvgIpc) is 2.15. The lowest BCUT2D eigenvalue weighted by Crippen LogP contribution is -2.10. The second-order valence-corrected chi connectivity index (χ2v) is 4.34. The molecule has 5 heteroatoms. The minimum Gasteiger partial charge on any atom is -0.206 e. The summed E-state index contributed by atoms with van der Waals surface area (Å²) in [7, 11) is 0. The molecule has 0 saturated heterocycles. The van der Waals surface area contributed by atoms with Gasteiger partial charge in [-0.3, -0.25) is 0 Å². The van der Waals surface area contributed by atoms with Crippen LogP contribution >= 0.6 is 15.9 Å². The number of hydrogen-bond donors (Lipinski definition) is 0. The van der Waals surface area contributed by atoms with E-state index in [9.17, 15) is 17.6 Å². The summed E-state index contributed by atoms with van der Waals surface area (Å²) >= 11 is 3.07. The Bertz CT molecular complexity index is 371. The van der Waals surface area contributed by atoms with Crippen molar-refractivity contribution in [3.05, 3.63) is 33.5 Å². The first-order valence-electron chi connectivity index (χ1n) is 4.92. The van der Waals surface area contributed by atoms with Crippen LogP contribution in [0.2, 0.25) is 0 Å². The lowest BCUT2D eigenvalue weighted by atomic mass is 10.0. The molecule has 0 nitrogen and oxygen atoms in total. The van der Waals surface area contributed by atoms with Gasteiger partial charge < -0.3 is 0 Å². The summed E-state index contributed by atoms with van der Waals surface area (Å²) < 4.78 is 51.3. The Morgan fingerprint density at radius 3 is 2.38 bits per heavy atom. The number of halogens is 5. The largest absolute Gasteiger partial charge is 0.419 e. The van der Waals surface area contributed by atoms with Crippen LogP contribution in [-0.4, -0.2) is 0 Å². The number of alkyl halides is 3. The molecular formula is C11H11BrF4. The van der Waals surface area contributed by atoms with E-state index >= 15 is 0 Å². The zero-order valence-electron chi connectivity index (χ0n) is 8.67. The van der Waals surface area contributed by atoms with Gasteiger partial charge in [0, 0.05) is 10.0 Å². The summed E-state index contributed by atoms with van der Waals surface area (Å²) in [5.74, 6) is -1.16. The van der Waals surface area contributed by atoms with Crippen molar-refractivity contribution in [1.29, 1.82) is 0 Å². The number of hydrogen-bond acceptors (Lipinski definition) is 0. The Hall–Kier alpha value is -0.580. The fourth-order valence-electron chi connectivity index (χ4n) is 1.40. The summed E-state index contributed by atoms with van der Waals surface area (Å²) in [5.41, 5.74) is -1.08. The molecular weight excluding hydrogens is 288 g/mol. The summed E-state index contributed by atoms with van der Waals surface area (Å²) in [6, 6.07) is 2.01. The molecule has 0 bridgehead atoms. The Balaban J connectivity index is 3.16. The van der Waals surface area contributed by atoms with Crippen LogP contribution in [0.25, 0.3) is 0 Å². The smallest absolute Gasteiger partial charge is 0.206 e. The molecule has 0 aliphatic carbocycles. The normalized spacial score (nSPS) is 11.9. The predicted molar refractivity (Wildman–Crippen MR) is 57.7 cm³/mol. The number of rotatable bonds is 3. The van der Waals surface area contributed by atoms with Crippen molar-refractivity contribution < 1.29 is 17.6 Å². The Morgan fingerprint density at radius 2 is 1.88 bits per heavy atom. The molecule has 90 valence electrons. The van der Waals surface area contributed by atoms with Crippen molar-refractivity contribution >= 4 is 15.9 Å². The van der Waals surface area contributed by atoms with E-state index in [0.717, 1.165) is 12.5 Å². The topological polar surface area (TPSA) is 0 Å². The zero-order chi connectivity index (χ0) is 12.3. The second-order valence-electron chi connectivity index (χ2n) is 3.49. The van der Waals surface area contributed by atoms with E-state index in [-0.39, 0.29) is 5.56 Å². The lowest BCUT2D eigenvalue weighted by molar-refractivity contribution is -0.140. The van der Waals surface area contributed by atoms with Gasteiger partial charge in [0.2, 0.25) is 0 Å². The van der Waals surface area contributed by atoms with E-state index in [0.29, 0.717) is 17.3 Å². The van der Waals surface area contributed by atoms with Crippen molar-refractivity contribution in [2.45, 2.75) is 32.4 Å². The monoisotopic (exact) mass is 298 g/mol. The molecule has 0 atom stereocenters. The maximum Gasteiger partial charge on any atom is 0.419 e. The van der Waals surface area contributed by atoms with Gasteiger partial charge in [-0.15, -0.1) is 0 Å². The number of unbranched alkanes of at least 4 members (excludes halogenated alkanes) is 1. The van der Waals surface area contributed by atoms with E-state index < -0.39 is 17.6 Å². The van der Waals surface area contributed by atoms with Crippen molar-refractivity contribution in [1.82, 2.24) is 0 Å². The summed E-state index contributed by atoms with van der Waals surface area (Å²) in [6.45, 7) is 1.90. The van der Waals surface area contributed by atoms with Gasteiger partial charge in [-0.25, -0.2) is 4.39 Å². The molecule has 0 aliphatic rings. The maximum absolute atomic E-state index is 13.6.